The van der Waals surface area contributed by atoms with E-state index in [1.807, 2.05) is 38.3 Å². The number of ether oxygens (including phenoxy) is 4. The van der Waals surface area contributed by atoms with Crippen molar-refractivity contribution in [1.29, 1.82) is 0 Å². The van der Waals surface area contributed by atoms with E-state index in [2.05, 4.69) is 22.5 Å². The van der Waals surface area contributed by atoms with Gasteiger partial charge in [-0.3, -0.25) is 9.59 Å². The molecule has 0 bridgehead atoms. The summed E-state index contributed by atoms with van der Waals surface area (Å²) in [6, 6.07) is 3.43. The average molecular weight is 779 g/mol. The van der Waals surface area contributed by atoms with Crippen LogP contribution in [-0.2, 0) is 23.9 Å². The lowest BCUT2D eigenvalue weighted by molar-refractivity contribution is -0.146. The molecule has 296 valence electrons. The molecule has 3 aromatic rings. The summed E-state index contributed by atoms with van der Waals surface area (Å²) in [6.07, 6.45) is 0.346. The van der Waals surface area contributed by atoms with Crippen LogP contribution in [0.15, 0.2) is 36.2 Å². The van der Waals surface area contributed by atoms with Gasteiger partial charge in [-0.2, -0.15) is 0 Å². The Bertz CT molecular complexity index is 1970. The highest BCUT2D eigenvalue weighted by Crippen LogP contribution is 2.45. The summed E-state index contributed by atoms with van der Waals surface area (Å²) in [7, 11) is 1.59. The third kappa shape index (κ3) is 8.34. The largest absolute Gasteiger partial charge is 0.496 e. The number of fused-ring (bicyclic) bond motifs is 1. The van der Waals surface area contributed by atoms with E-state index in [1.54, 1.807) is 33.9 Å². The van der Waals surface area contributed by atoms with Crippen LogP contribution >= 0.6 is 11.3 Å². The first kappa shape index (κ1) is 39.7. The molecule has 4 N–H and O–H groups in total. The molecule has 2 aromatic heterocycles. The van der Waals surface area contributed by atoms with E-state index in [4.69, 9.17) is 28.9 Å². The monoisotopic (exact) mass is 778 g/mol. The van der Waals surface area contributed by atoms with Gasteiger partial charge in [-0.05, 0) is 44.7 Å². The number of aryl methyl sites for hydroxylation is 1. The predicted octanol–water partition coefficient (Wildman–Crippen LogP) is 4.92. The fourth-order valence-corrected chi connectivity index (χ4v) is 7.98. The molecule has 16 heteroatoms. The zero-order valence-electron chi connectivity index (χ0n) is 32.3. The maximum Gasteiger partial charge on any atom is 0.408 e. The second-order valence-corrected chi connectivity index (χ2v) is 16.6. The Morgan fingerprint density at radius 3 is 2.53 bits per heavy atom. The van der Waals surface area contributed by atoms with Gasteiger partial charge in [0.25, 0.3) is 0 Å². The molecule has 6 rings (SSSR count). The van der Waals surface area contributed by atoms with Crippen molar-refractivity contribution in [2.24, 2.45) is 11.3 Å². The number of anilines is 1. The summed E-state index contributed by atoms with van der Waals surface area (Å²) in [5.74, 6) is -1.72. The van der Waals surface area contributed by atoms with Crippen molar-refractivity contribution < 1.29 is 43.2 Å². The van der Waals surface area contributed by atoms with Crippen LogP contribution in [0.5, 0.6) is 11.5 Å². The van der Waals surface area contributed by atoms with Crippen LogP contribution in [0.25, 0.3) is 22.3 Å². The second-order valence-electron chi connectivity index (χ2n) is 15.8. The topological polar surface area (TPSA) is 191 Å². The predicted molar refractivity (Wildman–Crippen MR) is 206 cm³/mol. The normalized spacial score (nSPS) is 24.0. The fourth-order valence-electron chi connectivity index (χ4n) is 7.13. The van der Waals surface area contributed by atoms with E-state index in [0.717, 1.165) is 10.7 Å². The number of carbonyl (C=O) groups is 4. The van der Waals surface area contributed by atoms with Gasteiger partial charge in [-0.1, -0.05) is 26.8 Å². The summed E-state index contributed by atoms with van der Waals surface area (Å²) in [6.45, 7) is 15.8. The van der Waals surface area contributed by atoms with Crippen molar-refractivity contribution in [1.82, 2.24) is 25.5 Å². The van der Waals surface area contributed by atoms with E-state index < -0.39 is 65.0 Å². The molecule has 6 atom stereocenters. The third-order valence-electron chi connectivity index (χ3n) is 10.3. The molecule has 1 saturated carbocycles. The number of aromatic nitrogens is 2. The standard InChI is InChI=1S/C39H50N6O9S/c1-9-22-16-39(22,35(48)49)44-33(46)28-14-24(17-45(28)34(47)32(38(5,6)7)43-37(50)54-23-12-13-52-18-23)53-30-15-26(27-19-55-36(42-27)40-20(2)3)41-31-21(4)29(51-8)11-10-25(30)31/h9-11,15,19-20,22-24,28,32H,1,12-14,16-18H2,2-8H3,(H,40,42)(H,43,50)(H,44,46)(H,48,49)/t22-,23?,24-,28+,32-,39-/m1/s1. The fraction of sp³-hybridized carbons (Fsp3) is 0.538. The molecule has 3 fully saturated rings. The lowest BCUT2D eigenvalue weighted by Gasteiger charge is -2.35. The highest BCUT2D eigenvalue weighted by Gasteiger charge is 2.61. The number of benzene rings is 1. The number of amides is 3. The summed E-state index contributed by atoms with van der Waals surface area (Å²) >= 11 is 1.46. The zero-order valence-corrected chi connectivity index (χ0v) is 33.1. The summed E-state index contributed by atoms with van der Waals surface area (Å²) < 4.78 is 23.2. The van der Waals surface area contributed by atoms with Crippen LogP contribution in [-0.4, -0.2) is 107 Å². The summed E-state index contributed by atoms with van der Waals surface area (Å²) in [4.78, 5) is 65.2. The van der Waals surface area contributed by atoms with Gasteiger partial charge in [0.2, 0.25) is 11.8 Å². The van der Waals surface area contributed by atoms with Gasteiger partial charge in [0, 0.05) is 47.2 Å². The van der Waals surface area contributed by atoms with Crippen molar-refractivity contribution in [3.05, 3.63) is 41.8 Å². The molecule has 0 spiro atoms. The van der Waals surface area contributed by atoms with Crippen molar-refractivity contribution >= 4 is 51.2 Å². The Morgan fingerprint density at radius 1 is 1.15 bits per heavy atom. The molecular weight excluding hydrogens is 729 g/mol. The molecule has 2 saturated heterocycles. The van der Waals surface area contributed by atoms with Crippen LogP contribution < -0.4 is 25.4 Å². The number of likely N-dealkylation sites (tertiary alicyclic amines) is 1. The Morgan fingerprint density at radius 2 is 1.91 bits per heavy atom. The molecule has 55 heavy (non-hydrogen) atoms. The molecule has 4 heterocycles. The van der Waals surface area contributed by atoms with E-state index in [1.165, 1.54) is 22.3 Å². The molecule has 3 amide bonds. The third-order valence-corrected chi connectivity index (χ3v) is 11.0. The van der Waals surface area contributed by atoms with Crippen LogP contribution in [0.2, 0.25) is 0 Å². The van der Waals surface area contributed by atoms with Gasteiger partial charge in [0.05, 0.1) is 38.1 Å². The minimum absolute atomic E-state index is 0.0326. The zero-order chi connectivity index (χ0) is 39.8. The second kappa shape index (κ2) is 15.6. The first-order valence-electron chi connectivity index (χ1n) is 18.4. The van der Waals surface area contributed by atoms with Gasteiger partial charge in [-0.15, -0.1) is 17.9 Å². The van der Waals surface area contributed by atoms with Crippen LogP contribution in [0.4, 0.5) is 9.93 Å². The van der Waals surface area contributed by atoms with Crippen LogP contribution in [0, 0.1) is 18.3 Å². The number of thiazole rings is 1. The van der Waals surface area contributed by atoms with E-state index in [0.29, 0.717) is 46.8 Å². The van der Waals surface area contributed by atoms with Crippen molar-refractivity contribution in [3.8, 4) is 22.9 Å². The molecule has 1 aliphatic carbocycles. The Balaban J connectivity index is 1.34. The molecule has 2 aliphatic heterocycles. The average Bonchev–Trinajstić information content (AvgIpc) is 3.53. The maximum absolute atomic E-state index is 14.6. The quantitative estimate of drug-likeness (QED) is 0.172. The number of nitrogens with one attached hydrogen (secondary N) is 3. The number of aliphatic carboxylic acids is 1. The number of alkyl carbamates (subject to hydrolysis) is 1. The number of carbonyl (C=O) groups excluding carboxylic acids is 3. The molecule has 3 aliphatic rings. The molecule has 1 unspecified atom stereocenters. The van der Waals surface area contributed by atoms with E-state index in [9.17, 15) is 24.3 Å². The van der Waals surface area contributed by atoms with Crippen molar-refractivity contribution in [2.75, 3.05) is 32.2 Å². The number of methoxy groups -OCH3 is 1. The summed E-state index contributed by atoms with van der Waals surface area (Å²) in [5.41, 5.74) is 0.289. The van der Waals surface area contributed by atoms with Crippen molar-refractivity contribution in [2.45, 2.75) is 96.7 Å². The Kier molecular flexibility index (Phi) is 11.3. The first-order chi connectivity index (χ1) is 26.0. The van der Waals surface area contributed by atoms with E-state index >= 15 is 0 Å². The Hall–Kier alpha value is -4.96. The number of hydrogen-bond acceptors (Lipinski definition) is 12. The minimum atomic E-state index is -1.52. The smallest absolute Gasteiger partial charge is 0.408 e. The van der Waals surface area contributed by atoms with Gasteiger partial charge < -0.3 is 44.9 Å². The number of hydrogen-bond donors (Lipinski definition) is 4. The highest BCUT2D eigenvalue weighted by molar-refractivity contribution is 7.14. The summed E-state index contributed by atoms with van der Waals surface area (Å²) in [5, 5.41) is 22.2. The number of nitrogens with zero attached hydrogens (tertiary/aromatic N) is 3. The molecule has 15 nitrogen and oxygen atoms in total. The molecule has 1 aromatic carbocycles. The first-order valence-corrected chi connectivity index (χ1v) is 19.3. The SMILES string of the molecule is C=C[C@@H]1C[C@]1(NC(=O)[C@@H]1C[C@@H](Oc2cc(-c3csc(NC(C)C)n3)nc3c(C)c(OC)ccc23)CN1C(=O)[C@@H](NC(=O)OC1CCOC1)C(C)(C)C)C(=O)O. The van der Waals surface area contributed by atoms with Gasteiger partial charge in [0.15, 0.2) is 5.13 Å². The highest BCUT2D eigenvalue weighted by atomic mass is 32.1. The van der Waals surface area contributed by atoms with E-state index in [-0.39, 0.29) is 32.0 Å². The number of pyridine rings is 1. The minimum Gasteiger partial charge on any atom is -0.496 e. The Labute approximate surface area is 324 Å². The molecule has 0 radical (unpaired) electrons. The van der Waals surface area contributed by atoms with Crippen molar-refractivity contribution in [3.63, 3.8) is 0 Å². The molecular formula is C39H50N6O9S. The van der Waals surface area contributed by atoms with Crippen LogP contribution in [0.3, 0.4) is 0 Å². The number of rotatable bonds is 13. The number of carboxylic acids is 1. The van der Waals surface area contributed by atoms with Gasteiger partial charge in [0.1, 0.15) is 47.0 Å². The number of carboxylic acid groups (broad SMARTS) is 1. The van der Waals surface area contributed by atoms with Gasteiger partial charge in [-0.25, -0.2) is 19.6 Å². The van der Waals surface area contributed by atoms with Gasteiger partial charge >= 0.3 is 12.1 Å². The lowest BCUT2D eigenvalue weighted by Crippen LogP contribution is -2.59. The van der Waals surface area contributed by atoms with Crippen LogP contribution in [0.1, 0.15) is 59.4 Å². The maximum atomic E-state index is 14.6. The lowest BCUT2D eigenvalue weighted by atomic mass is 9.85.